The highest BCUT2D eigenvalue weighted by molar-refractivity contribution is 7.86. The molecule has 0 spiro atoms. The molecule has 0 radical (unpaired) electrons. The zero-order valence-electron chi connectivity index (χ0n) is 14.8. The summed E-state index contributed by atoms with van der Waals surface area (Å²) < 4.78 is 36.2. The summed E-state index contributed by atoms with van der Waals surface area (Å²) in [6, 6.07) is 8.56. The van der Waals surface area contributed by atoms with Gasteiger partial charge in [-0.2, -0.15) is 12.7 Å². The van der Waals surface area contributed by atoms with Gasteiger partial charge in [0.1, 0.15) is 0 Å². The molecule has 144 valence electrons. The fourth-order valence-electron chi connectivity index (χ4n) is 3.32. The van der Waals surface area contributed by atoms with Crippen LogP contribution in [0.5, 0.6) is 11.5 Å². The molecule has 0 aromatic heterocycles. The van der Waals surface area contributed by atoms with E-state index in [4.69, 9.17) is 14.6 Å². The van der Waals surface area contributed by atoms with Gasteiger partial charge in [0.05, 0.1) is 25.2 Å². The molecule has 2 aromatic rings. The van der Waals surface area contributed by atoms with Gasteiger partial charge >= 0.3 is 0 Å². The van der Waals surface area contributed by atoms with Gasteiger partial charge in [-0.3, -0.25) is 10.1 Å². The van der Waals surface area contributed by atoms with Gasteiger partial charge in [0, 0.05) is 18.7 Å². The van der Waals surface area contributed by atoms with Crippen molar-refractivity contribution < 1.29 is 22.8 Å². The molecule has 2 aromatic carbocycles. The van der Waals surface area contributed by atoms with E-state index in [1.54, 1.807) is 6.07 Å². The Balaban J connectivity index is 2.19. The largest absolute Gasteiger partial charge is 0.493 e. The minimum absolute atomic E-state index is 0.0794. The smallest absolute Gasteiger partial charge is 0.277 e. The van der Waals surface area contributed by atoms with Crippen LogP contribution in [-0.4, -0.2) is 38.4 Å². The van der Waals surface area contributed by atoms with Gasteiger partial charge in [0.15, 0.2) is 11.5 Å². The maximum atomic E-state index is 12.2. The number of nitrogens with two attached hydrogens (primary N) is 1. The second-order valence-corrected chi connectivity index (χ2v) is 7.56. The topological polar surface area (TPSA) is 125 Å². The molecule has 3 rings (SSSR count). The van der Waals surface area contributed by atoms with E-state index in [1.807, 2.05) is 6.07 Å². The lowest BCUT2D eigenvalue weighted by Crippen LogP contribution is -2.44. The molecule has 27 heavy (non-hydrogen) atoms. The van der Waals surface area contributed by atoms with Gasteiger partial charge in [-0.25, -0.2) is 5.14 Å². The van der Waals surface area contributed by atoms with Crippen molar-refractivity contribution in [3.63, 3.8) is 0 Å². The fraction of sp³-hybridized carbons (Fsp3) is 0.294. The predicted molar refractivity (Wildman–Crippen MR) is 98.0 cm³/mol. The van der Waals surface area contributed by atoms with Crippen molar-refractivity contribution >= 4 is 15.9 Å². The Hall–Kier alpha value is -2.69. The van der Waals surface area contributed by atoms with E-state index in [1.165, 1.54) is 42.8 Å². The van der Waals surface area contributed by atoms with Crippen molar-refractivity contribution in [3.05, 3.63) is 63.2 Å². The fourth-order valence-corrected chi connectivity index (χ4v) is 4.20. The van der Waals surface area contributed by atoms with E-state index in [0.717, 1.165) is 5.56 Å². The van der Waals surface area contributed by atoms with Crippen LogP contribution < -0.4 is 14.6 Å². The molecule has 0 fully saturated rings. The number of fused-ring (bicyclic) bond motifs is 1. The second kappa shape index (κ2) is 7.14. The van der Waals surface area contributed by atoms with E-state index in [0.29, 0.717) is 29.0 Å². The number of nitro benzene ring substituents is 1. The van der Waals surface area contributed by atoms with Gasteiger partial charge in [0.25, 0.3) is 15.9 Å². The van der Waals surface area contributed by atoms with Crippen LogP contribution in [0.25, 0.3) is 0 Å². The van der Waals surface area contributed by atoms with Gasteiger partial charge < -0.3 is 9.47 Å². The first-order chi connectivity index (χ1) is 12.8. The Morgan fingerprint density at radius 2 is 1.74 bits per heavy atom. The van der Waals surface area contributed by atoms with Crippen molar-refractivity contribution in [2.45, 2.75) is 12.5 Å². The third-order valence-corrected chi connectivity index (χ3v) is 5.62. The average molecular weight is 393 g/mol. The molecule has 1 atom stereocenters. The molecule has 9 nitrogen and oxygen atoms in total. The van der Waals surface area contributed by atoms with Gasteiger partial charge in [-0.1, -0.05) is 12.1 Å². The molecule has 0 bridgehead atoms. The van der Waals surface area contributed by atoms with Gasteiger partial charge in [-0.05, 0) is 35.2 Å². The SMILES string of the molecule is COc1cc2c(cc1OC)C(c1ccc([N+](=O)[O-])cc1)N(S(N)(=O)=O)CC2. The summed E-state index contributed by atoms with van der Waals surface area (Å²) in [5.74, 6) is 1.00. The third-order valence-electron chi connectivity index (χ3n) is 4.58. The van der Waals surface area contributed by atoms with Crippen molar-refractivity contribution in [1.29, 1.82) is 0 Å². The third kappa shape index (κ3) is 3.59. The molecule has 10 heteroatoms. The summed E-state index contributed by atoms with van der Waals surface area (Å²) in [6.45, 7) is 0.184. The number of nitro groups is 1. The monoisotopic (exact) mass is 393 g/mol. The first-order valence-electron chi connectivity index (χ1n) is 8.05. The minimum Gasteiger partial charge on any atom is -0.493 e. The molecule has 1 aliphatic heterocycles. The predicted octanol–water partition coefficient (Wildman–Crippen LogP) is 1.76. The number of nitrogens with zero attached hydrogens (tertiary/aromatic N) is 2. The van der Waals surface area contributed by atoms with Crippen molar-refractivity contribution in [1.82, 2.24) is 4.31 Å². The number of methoxy groups -OCH3 is 2. The summed E-state index contributed by atoms with van der Waals surface area (Å²) >= 11 is 0. The molecule has 1 aliphatic rings. The van der Waals surface area contributed by atoms with Crippen LogP contribution in [0.4, 0.5) is 5.69 Å². The molecule has 0 amide bonds. The zero-order chi connectivity index (χ0) is 19.8. The molecule has 0 saturated carbocycles. The quantitative estimate of drug-likeness (QED) is 0.609. The van der Waals surface area contributed by atoms with Crippen LogP contribution in [0.3, 0.4) is 0 Å². The van der Waals surface area contributed by atoms with Crippen molar-refractivity contribution in [3.8, 4) is 11.5 Å². The first kappa shape index (κ1) is 19.1. The van der Waals surface area contributed by atoms with Crippen LogP contribution in [-0.2, 0) is 16.6 Å². The number of benzene rings is 2. The zero-order valence-corrected chi connectivity index (χ0v) is 15.6. The highest BCUT2D eigenvalue weighted by atomic mass is 32.2. The Bertz CT molecular complexity index is 975. The molecule has 0 saturated heterocycles. The van der Waals surface area contributed by atoms with E-state index in [9.17, 15) is 18.5 Å². The molecular formula is C17H19N3O6S. The van der Waals surface area contributed by atoms with E-state index in [-0.39, 0.29) is 12.2 Å². The Morgan fingerprint density at radius 1 is 1.15 bits per heavy atom. The van der Waals surface area contributed by atoms with Crippen LogP contribution >= 0.6 is 0 Å². The molecular weight excluding hydrogens is 374 g/mol. The number of ether oxygens (including phenoxy) is 2. The van der Waals surface area contributed by atoms with E-state index < -0.39 is 21.2 Å². The minimum atomic E-state index is -4.00. The summed E-state index contributed by atoms with van der Waals surface area (Å²) in [7, 11) is -0.983. The molecule has 1 unspecified atom stereocenters. The van der Waals surface area contributed by atoms with E-state index in [2.05, 4.69) is 0 Å². The maximum absolute atomic E-state index is 12.2. The lowest BCUT2D eigenvalue weighted by atomic mass is 9.89. The maximum Gasteiger partial charge on any atom is 0.277 e. The summed E-state index contributed by atoms with van der Waals surface area (Å²) in [5.41, 5.74) is 2.09. The van der Waals surface area contributed by atoms with Crippen LogP contribution in [0, 0.1) is 10.1 Å². The summed E-state index contributed by atoms with van der Waals surface area (Å²) in [6.07, 6.45) is 0.454. The lowest BCUT2D eigenvalue weighted by molar-refractivity contribution is -0.384. The Labute approximate surface area is 156 Å². The standard InChI is InChI=1S/C17H19N3O6S/c1-25-15-9-12-7-8-19(27(18,23)24)17(14(12)10-16(15)26-2)11-3-5-13(6-4-11)20(21)22/h3-6,9-10,17H,7-8H2,1-2H3,(H2,18,23,24). The van der Waals surface area contributed by atoms with Crippen LogP contribution in [0.15, 0.2) is 36.4 Å². The second-order valence-electron chi connectivity index (χ2n) is 6.06. The summed E-state index contributed by atoms with van der Waals surface area (Å²) in [4.78, 5) is 10.4. The highest BCUT2D eigenvalue weighted by Gasteiger charge is 2.36. The number of hydrogen-bond donors (Lipinski definition) is 1. The first-order valence-corrected chi connectivity index (χ1v) is 9.55. The van der Waals surface area contributed by atoms with Crippen molar-refractivity contribution in [2.75, 3.05) is 20.8 Å². The normalized spacial score (nSPS) is 17.2. The highest BCUT2D eigenvalue weighted by Crippen LogP contribution is 2.41. The van der Waals surface area contributed by atoms with Gasteiger partial charge in [0.2, 0.25) is 0 Å². The Morgan fingerprint density at radius 3 is 2.26 bits per heavy atom. The van der Waals surface area contributed by atoms with Gasteiger partial charge in [-0.15, -0.1) is 0 Å². The molecule has 0 aliphatic carbocycles. The average Bonchev–Trinajstić information content (AvgIpc) is 2.65. The van der Waals surface area contributed by atoms with E-state index >= 15 is 0 Å². The number of rotatable bonds is 5. The number of hydrogen-bond acceptors (Lipinski definition) is 6. The Kier molecular flexibility index (Phi) is 5.05. The van der Waals surface area contributed by atoms with Crippen LogP contribution in [0.1, 0.15) is 22.7 Å². The molecule has 1 heterocycles. The summed E-state index contributed by atoms with van der Waals surface area (Å²) in [5, 5.41) is 16.3. The molecule has 2 N–H and O–H groups in total. The van der Waals surface area contributed by atoms with Crippen LogP contribution in [0.2, 0.25) is 0 Å². The van der Waals surface area contributed by atoms with Crippen molar-refractivity contribution in [2.24, 2.45) is 5.14 Å². The lowest BCUT2D eigenvalue weighted by Gasteiger charge is -2.35. The number of non-ortho nitro benzene ring substituents is 1.